The minimum absolute atomic E-state index is 0.0516. The first-order valence-electron chi connectivity index (χ1n) is 8.95. The van der Waals surface area contributed by atoms with Crippen LogP contribution in [0.25, 0.3) is 11.4 Å². The second kappa shape index (κ2) is 8.94. The van der Waals surface area contributed by atoms with Crippen LogP contribution >= 0.6 is 0 Å². The van der Waals surface area contributed by atoms with Crippen molar-refractivity contribution in [2.75, 3.05) is 14.2 Å². The number of rotatable bonds is 7. The first-order chi connectivity index (χ1) is 13.6. The average Bonchev–Trinajstić information content (AvgIpc) is 2.73. The lowest BCUT2D eigenvalue weighted by Gasteiger charge is -2.17. The molecule has 1 amide bonds. The Labute approximate surface area is 163 Å². The van der Waals surface area contributed by atoms with Gasteiger partial charge in [-0.2, -0.15) is 0 Å². The molecule has 7 nitrogen and oxygen atoms in total. The molecule has 2 aromatic carbocycles. The zero-order valence-electron chi connectivity index (χ0n) is 15.9. The molecular weight excluding hydrogens is 356 g/mol. The van der Waals surface area contributed by atoms with Gasteiger partial charge >= 0.3 is 0 Å². The minimum atomic E-state index is -0.334. The van der Waals surface area contributed by atoms with E-state index in [-0.39, 0.29) is 30.0 Å². The van der Waals surface area contributed by atoms with Crippen molar-refractivity contribution in [3.05, 3.63) is 76.2 Å². The molecule has 0 spiro atoms. The highest BCUT2D eigenvalue weighted by Gasteiger charge is 2.13. The summed E-state index contributed by atoms with van der Waals surface area (Å²) in [6.45, 7) is 0.526. The molecule has 144 valence electrons. The second-order valence-electron chi connectivity index (χ2n) is 6.41. The fraction of sp³-hybridized carbons (Fsp3) is 0.238. The summed E-state index contributed by atoms with van der Waals surface area (Å²) in [5, 5.41) is 8.10. The van der Waals surface area contributed by atoms with Gasteiger partial charge in [0.2, 0.25) is 5.91 Å². The standard InChI is InChI=1S/C21H22N4O3/c1-25(14-15-6-4-3-5-7-15)19(26)13-12-18-21(27)22-20(24-23-18)16-8-10-17(28-2)11-9-16/h3-11H,12-14H2,1-2H3,(H,22,24,27). The number of hydrogen-bond donors (Lipinski definition) is 1. The molecule has 0 saturated carbocycles. The van der Waals surface area contributed by atoms with Crippen LogP contribution in [0.2, 0.25) is 0 Å². The van der Waals surface area contributed by atoms with Crippen LogP contribution in [0.4, 0.5) is 0 Å². The zero-order chi connectivity index (χ0) is 19.9. The van der Waals surface area contributed by atoms with E-state index in [0.717, 1.165) is 11.1 Å². The first-order valence-corrected chi connectivity index (χ1v) is 8.95. The summed E-state index contributed by atoms with van der Waals surface area (Å²) in [6, 6.07) is 16.9. The van der Waals surface area contributed by atoms with Gasteiger partial charge in [-0.05, 0) is 29.8 Å². The van der Waals surface area contributed by atoms with Crippen LogP contribution in [0.1, 0.15) is 17.7 Å². The Morgan fingerprint density at radius 1 is 1.07 bits per heavy atom. The molecule has 0 aliphatic rings. The molecule has 0 saturated heterocycles. The fourth-order valence-corrected chi connectivity index (χ4v) is 2.76. The third-order valence-corrected chi connectivity index (χ3v) is 4.39. The van der Waals surface area contributed by atoms with Gasteiger partial charge in [0.1, 0.15) is 11.4 Å². The number of methoxy groups -OCH3 is 1. The lowest BCUT2D eigenvalue weighted by atomic mass is 10.2. The van der Waals surface area contributed by atoms with E-state index in [1.54, 1.807) is 43.3 Å². The smallest absolute Gasteiger partial charge is 0.273 e. The Bertz CT molecular complexity index is 985. The highest BCUT2D eigenvalue weighted by atomic mass is 16.5. The quantitative estimate of drug-likeness (QED) is 0.682. The molecule has 1 N–H and O–H groups in total. The van der Waals surface area contributed by atoms with Gasteiger partial charge in [0.15, 0.2) is 5.82 Å². The number of aromatic amines is 1. The second-order valence-corrected chi connectivity index (χ2v) is 6.41. The number of H-pyrrole nitrogens is 1. The summed E-state index contributed by atoms with van der Waals surface area (Å²) in [7, 11) is 3.34. The van der Waals surface area contributed by atoms with E-state index in [1.807, 2.05) is 30.3 Å². The third kappa shape index (κ3) is 4.82. The Morgan fingerprint density at radius 3 is 2.43 bits per heavy atom. The van der Waals surface area contributed by atoms with Crippen molar-refractivity contribution in [1.82, 2.24) is 20.1 Å². The van der Waals surface area contributed by atoms with Crippen LogP contribution in [0.3, 0.4) is 0 Å². The molecular formula is C21H22N4O3. The molecule has 1 heterocycles. The predicted molar refractivity (Wildman–Crippen MR) is 106 cm³/mol. The van der Waals surface area contributed by atoms with Gasteiger partial charge in [-0.1, -0.05) is 30.3 Å². The number of hydrogen-bond acceptors (Lipinski definition) is 5. The van der Waals surface area contributed by atoms with Crippen molar-refractivity contribution in [3.8, 4) is 17.1 Å². The molecule has 1 aromatic heterocycles. The fourth-order valence-electron chi connectivity index (χ4n) is 2.76. The van der Waals surface area contributed by atoms with E-state index in [0.29, 0.717) is 18.1 Å². The highest BCUT2D eigenvalue weighted by Crippen LogP contribution is 2.17. The Hall–Kier alpha value is -3.48. The maximum atomic E-state index is 12.3. The molecule has 0 aliphatic heterocycles. The minimum Gasteiger partial charge on any atom is -0.497 e. The largest absolute Gasteiger partial charge is 0.497 e. The molecule has 0 fully saturated rings. The maximum absolute atomic E-state index is 12.3. The summed E-state index contributed by atoms with van der Waals surface area (Å²) in [4.78, 5) is 29.0. The summed E-state index contributed by atoms with van der Waals surface area (Å²) in [6.07, 6.45) is 0.437. The summed E-state index contributed by atoms with van der Waals surface area (Å²) in [5.41, 5.74) is 1.70. The number of nitrogens with one attached hydrogen (secondary N) is 1. The van der Waals surface area contributed by atoms with Gasteiger partial charge in [-0.3, -0.25) is 9.59 Å². The average molecular weight is 378 g/mol. The number of carbonyl (C=O) groups excluding carboxylic acids is 1. The van der Waals surface area contributed by atoms with E-state index in [2.05, 4.69) is 15.2 Å². The van der Waals surface area contributed by atoms with E-state index in [9.17, 15) is 9.59 Å². The Morgan fingerprint density at radius 2 is 1.79 bits per heavy atom. The van der Waals surface area contributed by atoms with E-state index in [1.165, 1.54) is 0 Å². The van der Waals surface area contributed by atoms with Crippen molar-refractivity contribution in [2.24, 2.45) is 0 Å². The van der Waals surface area contributed by atoms with Crippen molar-refractivity contribution in [1.29, 1.82) is 0 Å². The topological polar surface area (TPSA) is 88.2 Å². The van der Waals surface area contributed by atoms with Crippen molar-refractivity contribution < 1.29 is 9.53 Å². The van der Waals surface area contributed by atoms with Crippen molar-refractivity contribution in [2.45, 2.75) is 19.4 Å². The van der Waals surface area contributed by atoms with Crippen LogP contribution < -0.4 is 10.3 Å². The number of nitrogens with zero attached hydrogens (tertiary/aromatic N) is 3. The third-order valence-electron chi connectivity index (χ3n) is 4.39. The first kappa shape index (κ1) is 19.3. The van der Waals surface area contributed by atoms with Crippen LogP contribution in [0.15, 0.2) is 59.4 Å². The summed E-state index contributed by atoms with van der Waals surface area (Å²) >= 11 is 0. The van der Waals surface area contributed by atoms with Gasteiger partial charge in [-0.15, -0.1) is 10.2 Å². The summed E-state index contributed by atoms with van der Waals surface area (Å²) < 4.78 is 5.12. The lowest BCUT2D eigenvalue weighted by Crippen LogP contribution is -2.27. The normalized spacial score (nSPS) is 10.5. The van der Waals surface area contributed by atoms with Crippen LogP contribution in [0.5, 0.6) is 5.75 Å². The number of aromatic nitrogens is 3. The molecule has 0 atom stereocenters. The van der Waals surface area contributed by atoms with E-state index in [4.69, 9.17) is 4.74 Å². The molecule has 0 aliphatic carbocycles. The van der Waals surface area contributed by atoms with Crippen LogP contribution in [-0.2, 0) is 17.8 Å². The van der Waals surface area contributed by atoms with Crippen molar-refractivity contribution in [3.63, 3.8) is 0 Å². The summed E-state index contributed by atoms with van der Waals surface area (Å²) in [5.74, 6) is 1.04. The molecule has 7 heteroatoms. The molecule has 3 rings (SSSR count). The number of amides is 1. The monoisotopic (exact) mass is 378 g/mol. The Kier molecular flexibility index (Phi) is 6.16. The van der Waals surface area contributed by atoms with Crippen molar-refractivity contribution >= 4 is 5.91 Å². The van der Waals surface area contributed by atoms with E-state index >= 15 is 0 Å². The van der Waals surface area contributed by atoms with Crippen LogP contribution in [-0.4, -0.2) is 40.1 Å². The molecule has 0 bridgehead atoms. The molecule has 0 radical (unpaired) electrons. The van der Waals surface area contributed by atoms with E-state index < -0.39 is 0 Å². The van der Waals surface area contributed by atoms with Gasteiger partial charge < -0.3 is 14.6 Å². The van der Waals surface area contributed by atoms with Gasteiger partial charge in [0.25, 0.3) is 5.56 Å². The molecule has 28 heavy (non-hydrogen) atoms. The zero-order valence-corrected chi connectivity index (χ0v) is 15.9. The molecule has 3 aromatic rings. The predicted octanol–water partition coefficient (Wildman–Crippen LogP) is 2.43. The highest BCUT2D eigenvalue weighted by molar-refractivity contribution is 5.76. The number of ether oxygens (including phenoxy) is 1. The van der Waals surface area contributed by atoms with Gasteiger partial charge in [0.05, 0.1) is 7.11 Å². The number of aryl methyl sites for hydroxylation is 1. The van der Waals surface area contributed by atoms with Gasteiger partial charge in [-0.25, -0.2) is 0 Å². The maximum Gasteiger partial charge on any atom is 0.273 e. The number of carbonyl (C=O) groups is 1. The lowest BCUT2D eigenvalue weighted by molar-refractivity contribution is -0.130. The Balaban J connectivity index is 1.61. The SMILES string of the molecule is COc1ccc(-c2nnc(CCC(=O)N(C)Cc3ccccc3)c(=O)[nH]2)cc1. The van der Waals surface area contributed by atoms with Crippen LogP contribution in [0, 0.1) is 0 Å². The van der Waals surface area contributed by atoms with Gasteiger partial charge in [0, 0.05) is 32.0 Å². The number of benzene rings is 2. The molecule has 0 unspecified atom stereocenters.